The SMILES string of the molecule is CCOC(=O)c1sc(-c2ccc(Cl)cc2)c(N(C)C)c1Br. The minimum Gasteiger partial charge on any atom is -0.462 e. The summed E-state index contributed by atoms with van der Waals surface area (Å²) in [4.78, 5) is 15.6. The van der Waals surface area contributed by atoms with Gasteiger partial charge in [-0.15, -0.1) is 11.3 Å². The summed E-state index contributed by atoms with van der Waals surface area (Å²) >= 11 is 10.9. The largest absolute Gasteiger partial charge is 0.462 e. The van der Waals surface area contributed by atoms with Gasteiger partial charge in [-0.25, -0.2) is 4.79 Å². The van der Waals surface area contributed by atoms with Gasteiger partial charge < -0.3 is 9.64 Å². The number of hydrogen-bond acceptors (Lipinski definition) is 4. The van der Waals surface area contributed by atoms with Crippen LogP contribution in [0.4, 0.5) is 5.69 Å². The van der Waals surface area contributed by atoms with Crippen molar-refractivity contribution in [3.63, 3.8) is 0 Å². The Bertz CT molecular complexity index is 652. The van der Waals surface area contributed by atoms with Crippen LogP contribution < -0.4 is 4.90 Å². The van der Waals surface area contributed by atoms with Crippen LogP contribution in [0, 0.1) is 0 Å². The van der Waals surface area contributed by atoms with Crippen LogP contribution in [-0.4, -0.2) is 26.7 Å². The fraction of sp³-hybridized carbons (Fsp3) is 0.267. The number of benzene rings is 1. The van der Waals surface area contributed by atoms with E-state index in [1.165, 1.54) is 11.3 Å². The number of carbonyl (C=O) groups excluding carboxylic acids is 1. The molecule has 2 rings (SSSR count). The number of ether oxygens (including phenoxy) is 1. The monoisotopic (exact) mass is 387 g/mol. The fourth-order valence-electron chi connectivity index (χ4n) is 1.93. The Kier molecular flexibility index (Phi) is 5.30. The number of esters is 1. The Morgan fingerprint density at radius 3 is 2.48 bits per heavy atom. The topological polar surface area (TPSA) is 29.5 Å². The number of nitrogens with zero attached hydrogens (tertiary/aromatic N) is 1. The molecule has 0 aliphatic rings. The van der Waals surface area contributed by atoms with E-state index in [1.54, 1.807) is 6.92 Å². The average molecular weight is 389 g/mol. The van der Waals surface area contributed by atoms with Crippen molar-refractivity contribution in [2.45, 2.75) is 6.92 Å². The van der Waals surface area contributed by atoms with Gasteiger partial charge in [0.1, 0.15) is 4.88 Å². The molecule has 0 radical (unpaired) electrons. The Hall–Kier alpha value is -1.04. The molecule has 3 nitrogen and oxygen atoms in total. The van der Waals surface area contributed by atoms with E-state index in [2.05, 4.69) is 15.9 Å². The summed E-state index contributed by atoms with van der Waals surface area (Å²) in [6.45, 7) is 2.16. The van der Waals surface area contributed by atoms with Crippen LogP contribution >= 0.6 is 38.9 Å². The van der Waals surface area contributed by atoms with Gasteiger partial charge in [-0.05, 0) is 40.5 Å². The van der Waals surface area contributed by atoms with Gasteiger partial charge in [-0.2, -0.15) is 0 Å². The van der Waals surface area contributed by atoms with Crippen LogP contribution in [0.5, 0.6) is 0 Å². The van der Waals surface area contributed by atoms with E-state index in [1.807, 2.05) is 43.3 Å². The summed E-state index contributed by atoms with van der Waals surface area (Å²) in [6.07, 6.45) is 0. The van der Waals surface area contributed by atoms with E-state index in [4.69, 9.17) is 16.3 Å². The number of thiophene rings is 1. The summed E-state index contributed by atoms with van der Waals surface area (Å²) in [5.41, 5.74) is 1.98. The molecule has 2 aromatic rings. The number of anilines is 1. The minimum absolute atomic E-state index is 0.308. The molecule has 21 heavy (non-hydrogen) atoms. The molecule has 0 bridgehead atoms. The molecule has 1 heterocycles. The summed E-state index contributed by atoms with van der Waals surface area (Å²) in [6, 6.07) is 7.58. The highest BCUT2D eigenvalue weighted by Crippen LogP contribution is 2.45. The Morgan fingerprint density at radius 2 is 1.95 bits per heavy atom. The number of carbonyl (C=O) groups is 1. The maximum Gasteiger partial charge on any atom is 0.349 e. The Morgan fingerprint density at radius 1 is 1.33 bits per heavy atom. The molecule has 6 heteroatoms. The van der Waals surface area contributed by atoms with Crippen molar-refractivity contribution in [3.05, 3.63) is 38.6 Å². The number of rotatable bonds is 4. The third-order valence-electron chi connectivity index (χ3n) is 2.84. The summed E-state index contributed by atoms with van der Waals surface area (Å²) in [7, 11) is 3.89. The molecule has 0 saturated heterocycles. The molecule has 0 aliphatic heterocycles. The van der Waals surface area contributed by atoms with Crippen molar-refractivity contribution in [2.75, 3.05) is 25.6 Å². The molecule has 0 atom stereocenters. The summed E-state index contributed by atoms with van der Waals surface area (Å²) in [5.74, 6) is -0.308. The lowest BCUT2D eigenvalue weighted by Gasteiger charge is -2.14. The Labute approximate surface area is 141 Å². The fourth-order valence-corrected chi connectivity index (χ4v) is 4.31. The van der Waals surface area contributed by atoms with E-state index in [0.29, 0.717) is 16.5 Å². The van der Waals surface area contributed by atoms with Gasteiger partial charge in [-0.3, -0.25) is 0 Å². The van der Waals surface area contributed by atoms with Crippen molar-refractivity contribution >= 4 is 50.5 Å². The second-order valence-corrected chi connectivity index (χ2v) is 6.79. The van der Waals surface area contributed by atoms with Gasteiger partial charge >= 0.3 is 5.97 Å². The van der Waals surface area contributed by atoms with Crippen molar-refractivity contribution in [3.8, 4) is 10.4 Å². The first kappa shape index (κ1) is 16.3. The molecule has 1 aromatic heterocycles. The van der Waals surface area contributed by atoms with Crippen LogP contribution in [0.1, 0.15) is 16.6 Å². The van der Waals surface area contributed by atoms with Crippen LogP contribution in [0.15, 0.2) is 28.7 Å². The first-order valence-corrected chi connectivity index (χ1v) is 8.37. The molecule has 112 valence electrons. The number of halogens is 2. The minimum atomic E-state index is -0.308. The zero-order valence-electron chi connectivity index (χ0n) is 11.9. The zero-order valence-corrected chi connectivity index (χ0v) is 15.1. The highest BCUT2D eigenvalue weighted by atomic mass is 79.9. The van der Waals surface area contributed by atoms with Gasteiger partial charge in [0.15, 0.2) is 0 Å². The quantitative estimate of drug-likeness (QED) is 0.685. The molecule has 1 aromatic carbocycles. The molecule has 0 aliphatic carbocycles. The third-order valence-corrected chi connectivity index (χ3v) is 5.34. The predicted octanol–water partition coefficient (Wildman–Crippen LogP) is 5.07. The molecular formula is C15H15BrClNO2S. The number of hydrogen-bond donors (Lipinski definition) is 0. The molecule has 0 N–H and O–H groups in total. The standard InChI is InChI=1S/C15H15BrClNO2S/c1-4-20-15(19)14-11(16)12(18(2)3)13(21-14)9-5-7-10(17)8-6-9/h5-8H,4H2,1-3H3. The van der Waals surface area contributed by atoms with Crippen molar-refractivity contribution in [1.82, 2.24) is 0 Å². The van der Waals surface area contributed by atoms with Gasteiger partial charge in [0.25, 0.3) is 0 Å². The van der Waals surface area contributed by atoms with E-state index in [9.17, 15) is 4.79 Å². The molecule has 0 fully saturated rings. The van der Waals surface area contributed by atoms with E-state index < -0.39 is 0 Å². The molecule has 0 saturated carbocycles. The maximum atomic E-state index is 12.1. The van der Waals surface area contributed by atoms with Crippen LogP contribution in [0.25, 0.3) is 10.4 Å². The van der Waals surface area contributed by atoms with Crippen molar-refractivity contribution < 1.29 is 9.53 Å². The predicted molar refractivity (Wildman–Crippen MR) is 92.7 cm³/mol. The molecular weight excluding hydrogens is 374 g/mol. The van der Waals surface area contributed by atoms with E-state index in [-0.39, 0.29) is 5.97 Å². The first-order chi connectivity index (χ1) is 9.95. The normalized spacial score (nSPS) is 10.5. The van der Waals surface area contributed by atoms with Crippen LogP contribution in [0.2, 0.25) is 5.02 Å². The zero-order chi connectivity index (χ0) is 15.6. The van der Waals surface area contributed by atoms with Gasteiger partial charge in [0, 0.05) is 19.1 Å². The van der Waals surface area contributed by atoms with Crippen LogP contribution in [-0.2, 0) is 4.74 Å². The summed E-state index contributed by atoms with van der Waals surface area (Å²) < 4.78 is 5.88. The smallest absolute Gasteiger partial charge is 0.349 e. The summed E-state index contributed by atoms with van der Waals surface area (Å²) in [5, 5.41) is 0.686. The lowest BCUT2D eigenvalue weighted by atomic mass is 10.1. The molecule has 0 unspecified atom stereocenters. The average Bonchev–Trinajstić information content (AvgIpc) is 2.77. The van der Waals surface area contributed by atoms with Gasteiger partial charge in [0.2, 0.25) is 0 Å². The highest BCUT2D eigenvalue weighted by Gasteiger charge is 2.24. The highest BCUT2D eigenvalue weighted by molar-refractivity contribution is 9.10. The lowest BCUT2D eigenvalue weighted by Crippen LogP contribution is -2.10. The van der Waals surface area contributed by atoms with E-state index >= 15 is 0 Å². The second-order valence-electron chi connectivity index (χ2n) is 4.54. The first-order valence-electron chi connectivity index (χ1n) is 6.38. The van der Waals surface area contributed by atoms with Crippen molar-refractivity contribution in [2.24, 2.45) is 0 Å². The lowest BCUT2D eigenvalue weighted by molar-refractivity contribution is 0.0531. The van der Waals surface area contributed by atoms with E-state index in [0.717, 1.165) is 20.6 Å². The van der Waals surface area contributed by atoms with Gasteiger partial charge in [-0.1, -0.05) is 23.7 Å². The van der Waals surface area contributed by atoms with Crippen LogP contribution in [0.3, 0.4) is 0 Å². The Balaban J connectivity index is 2.57. The third kappa shape index (κ3) is 3.42. The molecule has 0 amide bonds. The van der Waals surface area contributed by atoms with Gasteiger partial charge in [0.05, 0.1) is 21.6 Å². The van der Waals surface area contributed by atoms with Crippen molar-refractivity contribution in [1.29, 1.82) is 0 Å². The molecule has 0 spiro atoms. The second kappa shape index (κ2) is 6.81. The maximum absolute atomic E-state index is 12.1.